The molecule has 5 nitrogen and oxygen atoms in total. The molecule has 0 bridgehead atoms. The lowest BCUT2D eigenvalue weighted by Crippen LogP contribution is -2.42. The number of carboxylic acids is 1. The molecule has 0 radical (unpaired) electrons. The van der Waals surface area contributed by atoms with Crippen LogP contribution in [0.1, 0.15) is 20.8 Å². The molecule has 0 aliphatic rings. The number of hydrogen-bond donors (Lipinski definition) is 3. The van der Waals surface area contributed by atoms with Gasteiger partial charge in [-0.3, -0.25) is 9.59 Å². The maximum absolute atomic E-state index is 11.1. The van der Waals surface area contributed by atoms with Crippen molar-refractivity contribution in [3.05, 3.63) is 0 Å². The number of carboxylic acid groups (broad SMARTS) is 1. The van der Waals surface area contributed by atoms with Crippen molar-refractivity contribution in [2.75, 3.05) is 19.6 Å². The zero-order valence-electron chi connectivity index (χ0n) is 8.89. The zero-order valence-corrected chi connectivity index (χ0v) is 8.89. The standard InChI is InChI=1S/C9H18N2O3/c1-4-10-5-7(12)11-6-9(2,3)8(13)14/h10H,4-6H2,1-3H3,(H,11,12)(H,13,14). The molecule has 0 fully saturated rings. The van der Waals surface area contributed by atoms with E-state index in [0.29, 0.717) is 0 Å². The van der Waals surface area contributed by atoms with Gasteiger partial charge < -0.3 is 15.7 Å². The molecule has 0 aliphatic carbocycles. The third kappa shape index (κ3) is 4.81. The van der Waals surface area contributed by atoms with Crippen LogP contribution in [0.15, 0.2) is 0 Å². The van der Waals surface area contributed by atoms with Crippen LogP contribution in [-0.2, 0) is 9.59 Å². The van der Waals surface area contributed by atoms with Gasteiger partial charge in [-0.15, -0.1) is 0 Å². The Morgan fingerprint density at radius 1 is 1.36 bits per heavy atom. The van der Waals surface area contributed by atoms with Crippen molar-refractivity contribution in [3.8, 4) is 0 Å². The lowest BCUT2D eigenvalue weighted by atomic mass is 9.94. The average Bonchev–Trinajstić information content (AvgIpc) is 2.11. The second-order valence-electron chi connectivity index (χ2n) is 3.75. The lowest BCUT2D eigenvalue weighted by molar-refractivity contribution is -0.146. The van der Waals surface area contributed by atoms with E-state index in [1.807, 2.05) is 6.92 Å². The SMILES string of the molecule is CCNCC(=O)NCC(C)(C)C(=O)O. The first-order chi connectivity index (χ1) is 6.40. The van der Waals surface area contributed by atoms with Gasteiger partial charge in [0.15, 0.2) is 0 Å². The molecule has 0 aliphatic heterocycles. The van der Waals surface area contributed by atoms with Crippen molar-refractivity contribution < 1.29 is 14.7 Å². The third-order valence-corrected chi connectivity index (χ3v) is 1.84. The first kappa shape index (κ1) is 12.9. The van der Waals surface area contributed by atoms with E-state index in [-0.39, 0.29) is 19.0 Å². The normalized spacial score (nSPS) is 11.1. The van der Waals surface area contributed by atoms with Crippen LogP contribution < -0.4 is 10.6 Å². The van der Waals surface area contributed by atoms with Gasteiger partial charge in [-0.2, -0.15) is 0 Å². The first-order valence-electron chi connectivity index (χ1n) is 4.61. The summed E-state index contributed by atoms with van der Waals surface area (Å²) < 4.78 is 0. The summed E-state index contributed by atoms with van der Waals surface area (Å²) in [5.41, 5.74) is -0.915. The summed E-state index contributed by atoms with van der Waals surface area (Å²) >= 11 is 0. The van der Waals surface area contributed by atoms with Crippen molar-refractivity contribution >= 4 is 11.9 Å². The van der Waals surface area contributed by atoms with Gasteiger partial charge in [0, 0.05) is 6.54 Å². The van der Waals surface area contributed by atoms with Gasteiger partial charge >= 0.3 is 5.97 Å². The number of nitrogens with one attached hydrogen (secondary N) is 2. The Morgan fingerprint density at radius 3 is 2.36 bits per heavy atom. The Bertz CT molecular complexity index is 214. The molecule has 82 valence electrons. The number of rotatable bonds is 6. The Morgan fingerprint density at radius 2 is 1.93 bits per heavy atom. The van der Waals surface area contributed by atoms with E-state index in [9.17, 15) is 9.59 Å². The number of aliphatic carboxylic acids is 1. The molecule has 0 rings (SSSR count). The maximum Gasteiger partial charge on any atom is 0.310 e. The highest BCUT2D eigenvalue weighted by molar-refractivity contribution is 5.79. The maximum atomic E-state index is 11.1. The van der Waals surface area contributed by atoms with Gasteiger partial charge in [0.2, 0.25) is 5.91 Å². The lowest BCUT2D eigenvalue weighted by Gasteiger charge is -2.19. The Kier molecular flexibility index (Phi) is 5.15. The highest BCUT2D eigenvalue weighted by Crippen LogP contribution is 2.12. The number of carbonyl (C=O) groups excluding carboxylic acids is 1. The van der Waals surface area contributed by atoms with Crippen LogP contribution in [0, 0.1) is 5.41 Å². The monoisotopic (exact) mass is 202 g/mol. The van der Waals surface area contributed by atoms with Gasteiger partial charge in [-0.05, 0) is 20.4 Å². The Hall–Kier alpha value is -1.10. The third-order valence-electron chi connectivity index (χ3n) is 1.84. The topological polar surface area (TPSA) is 78.4 Å². The molecule has 0 heterocycles. The molecule has 0 aromatic rings. The summed E-state index contributed by atoms with van der Waals surface area (Å²) in [6.07, 6.45) is 0. The molecule has 14 heavy (non-hydrogen) atoms. The molecular weight excluding hydrogens is 184 g/mol. The quantitative estimate of drug-likeness (QED) is 0.558. The minimum atomic E-state index is -0.916. The highest BCUT2D eigenvalue weighted by atomic mass is 16.4. The number of likely N-dealkylation sites (N-methyl/N-ethyl adjacent to an activating group) is 1. The summed E-state index contributed by atoms with van der Waals surface area (Å²) in [6, 6.07) is 0. The van der Waals surface area contributed by atoms with Crippen molar-refractivity contribution in [2.24, 2.45) is 5.41 Å². The van der Waals surface area contributed by atoms with Crippen LogP contribution >= 0.6 is 0 Å². The van der Waals surface area contributed by atoms with E-state index in [2.05, 4.69) is 10.6 Å². The minimum Gasteiger partial charge on any atom is -0.481 e. The van der Waals surface area contributed by atoms with Gasteiger partial charge in [-0.1, -0.05) is 6.92 Å². The van der Waals surface area contributed by atoms with E-state index in [1.165, 1.54) is 0 Å². The fourth-order valence-corrected chi connectivity index (χ4v) is 0.696. The van der Waals surface area contributed by atoms with Gasteiger partial charge in [0.05, 0.1) is 12.0 Å². The predicted molar refractivity (Wildman–Crippen MR) is 53.0 cm³/mol. The van der Waals surface area contributed by atoms with E-state index >= 15 is 0 Å². The van der Waals surface area contributed by atoms with Crippen LogP contribution in [0.3, 0.4) is 0 Å². The smallest absolute Gasteiger partial charge is 0.310 e. The Labute approximate surface area is 83.9 Å². The fraction of sp³-hybridized carbons (Fsp3) is 0.778. The summed E-state index contributed by atoms with van der Waals surface area (Å²) in [5, 5.41) is 14.2. The molecule has 3 N–H and O–H groups in total. The molecule has 0 atom stereocenters. The molecule has 0 spiro atoms. The molecule has 0 saturated heterocycles. The summed E-state index contributed by atoms with van der Waals surface area (Å²) in [6.45, 7) is 6.13. The van der Waals surface area contributed by atoms with Crippen molar-refractivity contribution in [1.82, 2.24) is 10.6 Å². The number of carbonyl (C=O) groups is 2. The molecule has 0 saturated carbocycles. The molecular formula is C9H18N2O3. The van der Waals surface area contributed by atoms with E-state index in [0.717, 1.165) is 6.54 Å². The van der Waals surface area contributed by atoms with Crippen LogP contribution in [0.25, 0.3) is 0 Å². The van der Waals surface area contributed by atoms with Crippen LogP contribution in [0.2, 0.25) is 0 Å². The first-order valence-corrected chi connectivity index (χ1v) is 4.61. The summed E-state index contributed by atoms with van der Waals surface area (Å²) in [4.78, 5) is 21.8. The molecule has 0 unspecified atom stereocenters. The van der Waals surface area contributed by atoms with E-state index < -0.39 is 11.4 Å². The van der Waals surface area contributed by atoms with Crippen molar-refractivity contribution in [1.29, 1.82) is 0 Å². The fourth-order valence-electron chi connectivity index (χ4n) is 0.696. The molecule has 0 aromatic carbocycles. The van der Waals surface area contributed by atoms with Gasteiger partial charge in [0.1, 0.15) is 0 Å². The minimum absolute atomic E-state index is 0.145. The molecule has 1 amide bonds. The Balaban J connectivity index is 3.82. The second-order valence-corrected chi connectivity index (χ2v) is 3.75. The second kappa shape index (κ2) is 5.59. The zero-order chi connectivity index (χ0) is 11.2. The number of amides is 1. The highest BCUT2D eigenvalue weighted by Gasteiger charge is 2.27. The molecule has 0 aromatic heterocycles. The van der Waals surface area contributed by atoms with Crippen LogP contribution in [-0.4, -0.2) is 36.6 Å². The largest absolute Gasteiger partial charge is 0.481 e. The van der Waals surface area contributed by atoms with E-state index in [1.54, 1.807) is 13.8 Å². The summed E-state index contributed by atoms with van der Waals surface area (Å²) in [5.74, 6) is -1.09. The van der Waals surface area contributed by atoms with Gasteiger partial charge in [0.25, 0.3) is 0 Å². The van der Waals surface area contributed by atoms with Gasteiger partial charge in [-0.25, -0.2) is 0 Å². The average molecular weight is 202 g/mol. The summed E-state index contributed by atoms with van der Waals surface area (Å²) in [7, 11) is 0. The van der Waals surface area contributed by atoms with Crippen molar-refractivity contribution in [2.45, 2.75) is 20.8 Å². The predicted octanol–water partition coefficient (Wildman–Crippen LogP) is -0.177. The van der Waals surface area contributed by atoms with Crippen molar-refractivity contribution in [3.63, 3.8) is 0 Å². The van der Waals surface area contributed by atoms with Crippen LogP contribution in [0.4, 0.5) is 0 Å². The van der Waals surface area contributed by atoms with E-state index in [4.69, 9.17) is 5.11 Å². The molecule has 5 heteroatoms. The number of hydrogen-bond acceptors (Lipinski definition) is 3. The van der Waals surface area contributed by atoms with Crippen LogP contribution in [0.5, 0.6) is 0 Å².